The normalized spacial score (nSPS) is 10.0. The molecule has 0 radical (unpaired) electrons. The molecule has 0 aliphatic rings. The third-order valence-corrected chi connectivity index (χ3v) is 3.31. The highest BCUT2D eigenvalue weighted by Crippen LogP contribution is 2.15. The van der Waals surface area contributed by atoms with Crippen LogP contribution in [0, 0.1) is 0 Å². The Morgan fingerprint density at radius 2 is 1.60 bits per heavy atom. The van der Waals surface area contributed by atoms with E-state index in [-0.39, 0.29) is 24.9 Å². The van der Waals surface area contributed by atoms with Crippen molar-refractivity contribution in [3.05, 3.63) is 59.1 Å². The van der Waals surface area contributed by atoms with E-state index in [1.807, 2.05) is 0 Å². The zero-order chi connectivity index (χ0) is 18.2. The summed E-state index contributed by atoms with van der Waals surface area (Å²) < 4.78 is 10.1. The van der Waals surface area contributed by atoms with E-state index >= 15 is 0 Å². The maximum Gasteiger partial charge on any atom is 0.344 e. The molecule has 0 spiro atoms. The number of ether oxygens (including phenoxy) is 2. The highest BCUT2D eigenvalue weighted by atomic mass is 35.5. The average Bonchev–Trinajstić information content (AvgIpc) is 2.59. The van der Waals surface area contributed by atoms with E-state index in [4.69, 9.17) is 21.1 Å². The van der Waals surface area contributed by atoms with E-state index in [1.165, 1.54) is 6.92 Å². The summed E-state index contributed by atoms with van der Waals surface area (Å²) >= 11 is 5.75. The zero-order valence-corrected chi connectivity index (χ0v) is 14.2. The predicted octanol–water partition coefficient (Wildman–Crippen LogP) is 3.10. The second kappa shape index (κ2) is 8.84. The van der Waals surface area contributed by atoms with Crippen molar-refractivity contribution in [2.75, 3.05) is 18.5 Å². The number of hydrogen-bond donors (Lipinski definition) is 1. The number of carbonyl (C=O) groups excluding carboxylic acids is 3. The number of halogens is 1. The van der Waals surface area contributed by atoms with Crippen LogP contribution in [0.2, 0.25) is 5.02 Å². The maximum atomic E-state index is 12.0. The molecule has 0 saturated carbocycles. The Morgan fingerprint density at radius 3 is 2.20 bits per heavy atom. The van der Waals surface area contributed by atoms with Gasteiger partial charge >= 0.3 is 5.97 Å². The molecule has 130 valence electrons. The number of rotatable bonds is 7. The minimum Gasteiger partial charge on any atom is -0.482 e. The SMILES string of the molecule is CC(=O)Nc1ccc(C(=O)COC(=O)COc2ccc(Cl)cc2)cc1. The molecule has 0 aromatic heterocycles. The highest BCUT2D eigenvalue weighted by molar-refractivity contribution is 6.30. The number of esters is 1. The predicted molar refractivity (Wildman–Crippen MR) is 93.0 cm³/mol. The van der Waals surface area contributed by atoms with E-state index in [2.05, 4.69) is 5.32 Å². The molecule has 0 aliphatic heterocycles. The van der Waals surface area contributed by atoms with Crippen LogP contribution in [0.5, 0.6) is 5.75 Å². The van der Waals surface area contributed by atoms with Crippen molar-refractivity contribution in [3.8, 4) is 5.75 Å². The summed E-state index contributed by atoms with van der Waals surface area (Å²) in [5.74, 6) is -0.734. The Balaban J connectivity index is 1.77. The first-order chi connectivity index (χ1) is 11.9. The van der Waals surface area contributed by atoms with Gasteiger partial charge in [0.1, 0.15) is 5.75 Å². The van der Waals surface area contributed by atoms with Crippen LogP contribution in [0.3, 0.4) is 0 Å². The molecule has 0 atom stereocenters. The topological polar surface area (TPSA) is 81.7 Å². The lowest BCUT2D eigenvalue weighted by Crippen LogP contribution is -2.19. The van der Waals surface area contributed by atoms with Crippen LogP contribution in [0.15, 0.2) is 48.5 Å². The lowest BCUT2D eigenvalue weighted by molar-refractivity contribution is -0.144. The van der Waals surface area contributed by atoms with Gasteiger partial charge in [-0.3, -0.25) is 9.59 Å². The lowest BCUT2D eigenvalue weighted by Gasteiger charge is -2.07. The summed E-state index contributed by atoms with van der Waals surface area (Å²) in [5.41, 5.74) is 0.956. The van der Waals surface area contributed by atoms with Crippen LogP contribution in [0.1, 0.15) is 17.3 Å². The fourth-order valence-corrected chi connectivity index (χ4v) is 2.01. The van der Waals surface area contributed by atoms with Gasteiger partial charge in [0.25, 0.3) is 0 Å². The number of ketones is 1. The second-order valence-corrected chi connectivity index (χ2v) is 5.52. The summed E-state index contributed by atoms with van der Waals surface area (Å²) in [4.78, 5) is 34.5. The number of carbonyl (C=O) groups is 3. The Morgan fingerprint density at radius 1 is 0.960 bits per heavy atom. The van der Waals surface area contributed by atoms with Gasteiger partial charge in [-0.05, 0) is 48.5 Å². The molecule has 25 heavy (non-hydrogen) atoms. The smallest absolute Gasteiger partial charge is 0.344 e. The van der Waals surface area contributed by atoms with Gasteiger partial charge in [-0.25, -0.2) is 4.79 Å². The van der Waals surface area contributed by atoms with Crippen molar-refractivity contribution in [2.24, 2.45) is 0 Å². The van der Waals surface area contributed by atoms with Crippen LogP contribution >= 0.6 is 11.6 Å². The summed E-state index contributed by atoms with van der Waals surface area (Å²) in [5, 5.41) is 3.16. The van der Waals surface area contributed by atoms with E-state index in [9.17, 15) is 14.4 Å². The molecule has 6 nitrogen and oxygen atoms in total. The minimum absolute atomic E-state index is 0.200. The van der Waals surface area contributed by atoms with Gasteiger partial charge in [0.05, 0.1) is 0 Å². The molecule has 1 amide bonds. The first-order valence-corrected chi connectivity index (χ1v) is 7.76. The molecule has 0 saturated heterocycles. The Bertz CT molecular complexity index is 756. The monoisotopic (exact) mass is 361 g/mol. The highest BCUT2D eigenvalue weighted by Gasteiger charge is 2.11. The van der Waals surface area contributed by atoms with Crippen LogP contribution in [0.25, 0.3) is 0 Å². The van der Waals surface area contributed by atoms with Crippen LogP contribution in [0.4, 0.5) is 5.69 Å². The minimum atomic E-state index is -0.654. The van der Waals surface area contributed by atoms with Crippen LogP contribution in [-0.4, -0.2) is 30.9 Å². The van der Waals surface area contributed by atoms with Gasteiger partial charge in [0.15, 0.2) is 19.0 Å². The summed E-state index contributed by atoms with van der Waals surface area (Å²) in [6.07, 6.45) is 0. The molecular formula is C18H16ClNO5. The van der Waals surface area contributed by atoms with Crippen LogP contribution in [-0.2, 0) is 14.3 Å². The largest absolute Gasteiger partial charge is 0.482 e. The number of amides is 1. The van der Waals surface area contributed by atoms with Gasteiger partial charge in [-0.2, -0.15) is 0 Å². The fourth-order valence-electron chi connectivity index (χ4n) is 1.89. The number of benzene rings is 2. The third-order valence-electron chi connectivity index (χ3n) is 3.06. The fraction of sp³-hybridized carbons (Fsp3) is 0.167. The summed E-state index contributed by atoms with van der Waals surface area (Å²) in [6, 6.07) is 12.8. The Kier molecular flexibility index (Phi) is 6.54. The van der Waals surface area contributed by atoms with Gasteiger partial charge in [-0.15, -0.1) is 0 Å². The Labute approximate surface area is 149 Å². The number of hydrogen-bond acceptors (Lipinski definition) is 5. The Hall–Kier alpha value is -2.86. The van der Waals surface area contributed by atoms with Gasteiger partial charge < -0.3 is 14.8 Å². The van der Waals surface area contributed by atoms with Crippen molar-refractivity contribution in [1.82, 2.24) is 0 Å². The molecule has 2 rings (SSSR count). The van der Waals surface area contributed by atoms with Crippen molar-refractivity contribution in [2.45, 2.75) is 6.92 Å². The number of Topliss-reactive ketones (excluding diaryl/α,β-unsaturated/α-hetero) is 1. The molecular weight excluding hydrogens is 346 g/mol. The molecule has 0 unspecified atom stereocenters. The van der Waals surface area contributed by atoms with Gasteiger partial charge in [0.2, 0.25) is 5.91 Å². The lowest BCUT2D eigenvalue weighted by atomic mass is 10.1. The average molecular weight is 362 g/mol. The van der Waals surface area contributed by atoms with E-state index in [0.29, 0.717) is 22.0 Å². The van der Waals surface area contributed by atoms with Crippen molar-refractivity contribution >= 4 is 34.9 Å². The van der Waals surface area contributed by atoms with Crippen molar-refractivity contribution in [1.29, 1.82) is 0 Å². The maximum absolute atomic E-state index is 12.0. The molecule has 0 aliphatic carbocycles. The molecule has 0 bridgehead atoms. The van der Waals surface area contributed by atoms with E-state index in [1.54, 1.807) is 48.5 Å². The number of anilines is 1. The molecule has 7 heteroatoms. The van der Waals surface area contributed by atoms with Crippen molar-refractivity contribution in [3.63, 3.8) is 0 Å². The van der Waals surface area contributed by atoms with E-state index < -0.39 is 5.97 Å². The first kappa shape index (κ1) is 18.5. The standard InChI is InChI=1S/C18H16ClNO5/c1-12(21)20-15-6-2-13(3-7-15)17(22)10-25-18(23)11-24-16-8-4-14(19)5-9-16/h2-9H,10-11H2,1H3,(H,20,21). The number of nitrogens with one attached hydrogen (secondary N) is 1. The third kappa shape index (κ3) is 6.27. The quantitative estimate of drug-likeness (QED) is 0.605. The molecule has 2 aromatic rings. The molecule has 2 aromatic carbocycles. The molecule has 0 fully saturated rings. The van der Waals surface area contributed by atoms with Gasteiger partial charge in [0, 0.05) is 23.2 Å². The second-order valence-electron chi connectivity index (χ2n) is 5.08. The van der Waals surface area contributed by atoms with Crippen LogP contribution < -0.4 is 10.1 Å². The summed E-state index contributed by atoms with van der Waals surface area (Å²) in [6.45, 7) is 0.698. The molecule has 0 heterocycles. The van der Waals surface area contributed by atoms with Crippen molar-refractivity contribution < 1.29 is 23.9 Å². The molecule has 1 N–H and O–H groups in total. The van der Waals surface area contributed by atoms with E-state index in [0.717, 1.165) is 0 Å². The first-order valence-electron chi connectivity index (χ1n) is 7.39. The zero-order valence-electron chi connectivity index (χ0n) is 13.5. The van der Waals surface area contributed by atoms with Gasteiger partial charge in [-0.1, -0.05) is 11.6 Å². The summed E-state index contributed by atoms with van der Waals surface area (Å²) in [7, 11) is 0.